The molecular weight excluding hydrogens is 549 g/mol. The number of nitrogens with zero attached hydrogens (tertiary/aromatic N) is 4. The molecule has 2 fully saturated rings. The van der Waals surface area contributed by atoms with E-state index in [-0.39, 0.29) is 10.8 Å². The molecule has 1 amide bonds. The zero-order valence-electron chi connectivity index (χ0n) is 22.0. The number of hydrogen-bond acceptors (Lipinski definition) is 6. The van der Waals surface area contributed by atoms with Crippen molar-refractivity contribution in [2.75, 3.05) is 19.6 Å². The van der Waals surface area contributed by atoms with Crippen LogP contribution in [-0.4, -0.2) is 57.3 Å². The van der Waals surface area contributed by atoms with Gasteiger partial charge in [0.2, 0.25) is 10.0 Å². The van der Waals surface area contributed by atoms with Crippen LogP contribution in [0.15, 0.2) is 70.6 Å². The number of para-hydroxylation sites is 1. The summed E-state index contributed by atoms with van der Waals surface area (Å²) >= 11 is 6.82. The molecule has 10 heteroatoms. The van der Waals surface area contributed by atoms with E-state index in [9.17, 15) is 13.2 Å². The smallest absolute Gasteiger partial charge is 0.266 e. The van der Waals surface area contributed by atoms with Crippen molar-refractivity contribution in [1.29, 1.82) is 0 Å². The molecular formula is C29H32N4O3S3. The summed E-state index contributed by atoms with van der Waals surface area (Å²) in [5, 5.41) is 4.85. The van der Waals surface area contributed by atoms with Crippen molar-refractivity contribution >= 4 is 50.3 Å². The molecule has 2 saturated heterocycles. The lowest BCUT2D eigenvalue weighted by Gasteiger charge is -2.26. The van der Waals surface area contributed by atoms with E-state index in [1.54, 1.807) is 32.1 Å². The van der Waals surface area contributed by atoms with Crippen molar-refractivity contribution < 1.29 is 13.2 Å². The highest BCUT2D eigenvalue weighted by Crippen LogP contribution is 2.35. The van der Waals surface area contributed by atoms with Gasteiger partial charge in [0, 0.05) is 37.0 Å². The second-order valence-corrected chi connectivity index (χ2v) is 13.4. The molecule has 0 saturated carbocycles. The molecule has 0 N–H and O–H groups in total. The standard InChI is InChI=1S/C29H32N4O3S3/c1-2-3-8-18-32-28(34)26(38-29(32)37)20-23-21-33(24-13-6-4-7-14-24)30-27(23)22-12-11-15-25(19-22)39(35,36)31-16-9-5-10-17-31/h4,6-7,11-15,19-21H,2-3,5,8-10,16-18H2,1H3. The largest absolute Gasteiger partial charge is 0.293 e. The molecule has 5 rings (SSSR count). The Morgan fingerprint density at radius 1 is 1.03 bits per heavy atom. The topological polar surface area (TPSA) is 75.5 Å². The summed E-state index contributed by atoms with van der Waals surface area (Å²) in [7, 11) is -3.61. The third-order valence-corrected chi connectivity index (χ3v) is 10.2. The molecule has 0 radical (unpaired) electrons. The number of unbranched alkanes of at least 4 members (excludes halogenated alkanes) is 2. The molecule has 3 aromatic rings. The summed E-state index contributed by atoms with van der Waals surface area (Å²) < 4.78 is 30.7. The number of benzene rings is 2. The van der Waals surface area contributed by atoms with Gasteiger partial charge in [-0.25, -0.2) is 13.1 Å². The van der Waals surface area contributed by atoms with Gasteiger partial charge in [0.1, 0.15) is 10.0 Å². The molecule has 2 aromatic carbocycles. The van der Waals surface area contributed by atoms with Gasteiger partial charge in [-0.3, -0.25) is 9.69 Å². The summed E-state index contributed by atoms with van der Waals surface area (Å²) in [5.74, 6) is -0.0964. The summed E-state index contributed by atoms with van der Waals surface area (Å²) in [6.45, 7) is 3.83. The number of thiocarbonyl (C=S) groups is 1. The Morgan fingerprint density at radius 3 is 2.54 bits per heavy atom. The monoisotopic (exact) mass is 580 g/mol. The zero-order valence-corrected chi connectivity index (χ0v) is 24.4. The van der Waals surface area contributed by atoms with Crippen molar-refractivity contribution in [3.63, 3.8) is 0 Å². The highest BCUT2D eigenvalue weighted by Gasteiger charge is 2.32. The van der Waals surface area contributed by atoms with Crippen LogP contribution in [0.25, 0.3) is 23.0 Å². The number of rotatable bonds is 9. The molecule has 204 valence electrons. The third kappa shape index (κ3) is 6.04. The summed E-state index contributed by atoms with van der Waals surface area (Å²) in [6, 6.07) is 16.7. The molecule has 2 aliphatic heterocycles. The predicted molar refractivity (Wildman–Crippen MR) is 161 cm³/mol. The summed E-state index contributed by atoms with van der Waals surface area (Å²) in [6.07, 6.45) is 9.53. The zero-order chi connectivity index (χ0) is 27.4. The average molecular weight is 581 g/mol. The molecule has 0 aliphatic carbocycles. The second kappa shape index (κ2) is 12.2. The minimum atomic E-state index is -3.61. The van der Waals surface area contributed by atoms with Crippen molar-refractivity contribution in [2.45, 2.75) is 50.3 Å². The van der Waals surface area contributed by atoms with Gasteiger partial charge in [0.25, 0.3) is 5.91 Å². The van der Waals surface area contributed by atoms with Crippen LogP contribution >= 0.6 is 24.0 Å². The second-order valence-electron chi connectivity index (χ2n) is 9.75. The van der Waals surface area contributed by atoms with Gasteiger partial charge in [0.15, 0.2) is 0 Å². The summed E-state index contributed by atoms with van der Waals surface area (Å²) in [5.41, 5.74) is 2.86. The van der Waals surface area contributed by atoms with Crippen LogP contribution in [-0.2, 0) is 14.8 Å². The van der Waals surface area contributed by atoms with Crippen LogP contribution in [0.5, 0.6) is 0 Å². The lowest BCUT2D eigenvalue weighted by Crippen LogP contribution is -2.35. The van der Waals surface area contributed by atoms with Gasteiger partial charge in [-0.15, -0.1) is 0 Å². The first kappa shape index (κ1) is 27.8. The maximum absolute atomic E-state index is 13.4. The molecule has 0 unspecified atom stereocenters. The average Bonchev–Trinajstić information content (AvgIpc) is 3.50. The molecule has 0 bridgehead atoms. The minimum absolute atomic E-state index is 0.0964. The fourth-order valence-electron chi connectivity index (χ4n) is 4.84. The first-order valence-electron chi connectivity index (χ1n) is 13.4. The Labute approximate surface area is 239 Å². The van der Waals surface area contributed by atoms with Gasteiger partial charge < -0.3 is 0 Å². The van der Waals surface area contributed by atoms with Gasteiger partial charge in [-0.05, 0) is 49.6 Å². The number of sulfonamides is 1. The first-order chi connectivity index (χ1) is 18.9. The number of thioether (sulfide) groups is 1. The van der Waals surface area contributed by atoms with E-state index in [1.807, 2.05) is 48.7 Å². The molecule has 7 nitrogen and oxygen atoms in total. The van der Waals surface area contributed by atoms with Gasteiger partial charge in [-0.1, -0.05) is 80.5 Å². The predicted octanol–water partition coefficient (Wildman–Crippen LogP) is 6.11. The van der Waals surface area contributed by atoms with Gasteiger partial charge in [-0.2, -0.15) is 9.40 Å². The van der Waals surface area contributed by atoms with E-state index in [1.165, 1.54) is 11.8 Å². The Kier molecular flexibility index (Phi) is 8.66. The van der Waals surface area contributed by atoms with E-state index in [4.69, 9.17) is 17.3 Å². The third-order valence-electron chi connectivity index (χ3n) is 6.97. The maximum Gasteiger partial charge on any atom is 0.266 e. The van der Waals surface area contributed by atoms with E-state index in [0.717, 1.165) is 49.8 Å². The van der Waals surface area contributed by atoms with Crippen LogP contribution in [0.4, 0.5) is 0 Å². The number of piperidine rings is 1. The lowest BCUT2D eigenvalue weighted by molar-refractivity contribution is -0.122. The first-order valence-corrected chi connectivity index (χ1v) is 16.1. The number of amides is 1. The fourth-order valence-corrected chi connectivity index (χ4v) is 7.71. The Balaban J connectivity index is 1.54. The normalized spacial score (nSPS) is 17.9. The van der Waals surface area contributed by atoms with Crippen molar-refractivity contribution in [3.05, 3.63) is 71.3 Å². The fraction of sp³-hybridized carbons (Fsp3) is 0.345. The van der Waals surface area contributed by atoms with Crippen molar-refractivity contribution in [1.82, 2.24) is 19.0 Å². The van der Waals surface area contributed by atoms with E-state index < -0.39 is 10.0 Å². The van der Waals surface area contributed by atoms with E-state index in [2.05, 4.69) is 6.92 Å². The SMILES string of the molecule is CCCCCN1C(=O)C(=Cc2cn(-c3ccccc3)nc2-c2cccc(S(=O)(=O)N3CCCCC3)c2)SC1=S. The molecule has 0 atom stereocenters. The molecule has 2 aliphatic rings. The Morgan fingerprint density at radius 2 is 1.79 bits per heavy atom. The summed E-state index contributed by atoms with van der Waals surface area (Å²) in [4.78, 5) is 15.7. The number of hydrogen-bond donors (Lipinski definition) is 0. The number of aromatic nitrogens is 2. The quantitative estimate of drug-likeness (QED) is 0.173. The highest BCUT2D eigenvalue weighted by molar-refractivity contribution is 8.26. The van der Waals surface area contributed by atoms with Crippen molar-refractivity contribution in [2.24, 2.45) is 0 Å². The molecule has 1 aromatic heterocycles. The van der Waals surface area contributed by atoms with Gasteiger partial charge in [0.05, 0.1) is 15.5 Å². The van der Waals surface area contributed by atoms with Crippen LogP contribution in [0.1, 0.15) is 51.0 Å². The van der Waals surface area contributed by atoms with Crippen LogP contribution in [0.3, 0.4) is 0 Å². The molecule has 3 heterocycles. The van der Waals surface area contributed by atoms with Crippen LogP contribution < -0.4 is 0 Å². The van der Waals surface area contributed by atoms with Crippen LogP contribution in [0, 0.1) is 0 Å². The molecule has 0 spiro atoms. The van der Waals surface area contributed by atoms with Gasteiger partial charge >= 0.3 is 0 Å². The lowest BCUT2D eigenvalue weighted by atomic mass is 10.1. The maximum atomic E-state index is 13.4. The Bertz CT molecular complexity index is 1490. The number of carbonyl (C=O) groups excluding carboxylic acids is 1. The Hall–Kier alpha value is -2.79. The minimum Gasteiger partial charge on any atom is -0.293 e. The van der Waals surface area contributed by atoms with Crippen molar-refractivity contribution in [3.8, 4) is 16.9 Å². The number of carbonyl (C=O) groups is 1. The van der Waals surface area contributed by atoms with Crippen LogP contribution in [0.2, 0.25) is 0 Å². The van der Waals surface area contributed by atoms with E-state index in [0.29, 0.717) is 40.1 Å². The van der Waals surface area contributed by atoms with E-state index >= 15 is 0 Å². The molecule has 39 heavy (non-hydrogen) atoms. The highest BCUT2D eigenvalue weighted by atomic mass is 32.2.